The first-order chi connectivity index (χ1) is 3.63. The Kier molecular flexibility index (Phi) is 0.922. The zero-order chi connectivity index (χ0) is 6.20. The van der Waals surface area contributed by atoms with Crippen LogP contribution in [0.25, 0.3) is 0 Å². The van der Waals surface area contributed by atoms with Crippen LogP contribution in [0.4, 0.5) is 0 Å². The van der Waals surface area contributed by atoms with Crippen molar-refractivity contribution in [3.8, 4) is 0 Å². The van der Waals surface area contributed by atoms with Crippen LogP contribution in [0, 0.1) is 0 Å². The molecule has 1 aliphatic heterocycles. The molecule has 0 radical (unpaired) electrons. The third-order valence-corrected chi connectivity index (χ3v) is 1.11. The van der Waals surface area contributed by atoms with Gasteiger partial charge >= 0.3 is 0 Å². The van der Waals surface area contributed by atoms with E-state index in [2.05, 4.69) is 10.2 Å². The van der Waals surface area contributed by atoms with Gasteiger partial charge in [0.25, 0.3) is 0 Å². The molecule has 0 amide bonds. The van der Waals surface area contributed by atoms with E-state index in [9.17, 15) is 0 Å². The molecule has 4 N–H and O–H groups in total. The molecule has 4 heteroatoms. The lowest BCUT2D eigenvalue weighted by molar-refractivity contribution is 0.811. The van der Waals surface area contributed by atoms with E-state index >= 15 is 0 Å². The van der Waals surface area contributed by atoms with Gasteiger partial charge in [-0.1, -0.05) is 0 Å². The molecule has 4 nitrogen and oxygen atoms in total. The van der Waals surface area contributed by atoms with Crippen molar-refractivity contribution in [1.82, 2.24) is 0 Å². The van der Waals surface area contributed by atoms with E-state index in [4.69, 9.17) is 11.5 Å². The Morgan fingerprint density at radius 2 is 2.25 bits per heavy atom. The Morgan fingerprint density at radius 3 is 2.38 bits per heavy atom. The minimum absolute atomic E-state index is 0.650. The molecule has 0 atom stereocenters. The van der Waals surface area contributed by atoms with Crippen LogP contribution in [-0.4, -0.2) is 17.6 Å². The van der Waals surface area contributed by atoms with Gasteiger partial charge in [0.05, 0.1) is 11.9 Å². The van der Waals surface area contributed by atoms with Crippen molar-refractivity contribution < 1.29 is 0 Å². The van der Waals surface area contributed by atoms with Crippen LogP contribution in [0.3, 0.4) is 0 Å². The summed E-state index contributed by atoms with van der Waals surface area (Å²) in [6.45, 7) is 1.74. The van der Waals surface area contributed by atoms with E-state index < -0.39 is 5.66 Å². The van der Waals surface area contributed by atoms with Gasteiger partial charge in [0.1, 0.15) is 5.66 Å². The Balaban J connectivity index is 2.87. The molecule has 0 saturated heterocycles. The first-order valence-corrected chi connectivity index (χ1v) is 2.30. The lowest BCUT2D eigenvalue weighted by atomic mass is 10.1. The van der Waals surface area contributed by atoms with Gasteiger partial charge in [0.15, 0.2) is 0 Å². The van der Waals surface area contributed by atoms with E-state index in [1.165, 1.54) is 6.21 Å². The van der Waals surface area contributed by atoms with E-state index in [1.54, 1.807) is 6.92 Å². The third-order valence-electron chi connectivity index (χ3n) is 1.11. The van der Waals surface area contributed by atoms with Crippen molar-refractivity contribution >= 4 is 11.9 Å². The number of rotatable bonds is 0. The van der Waals surface area contributed by atoms with Gasteiger partial charge in [0, 0.05) is 0 Å². The van der Waals surface area contributed by atoms with E-state index in [1.807, 2.05) is 0 Å². The lowest BCUT2D eigenvalue weighted by Gasteiger charge is -2.11. The van der Waals surface area contributed by atoms with Crippen LogP contribution in [0.2, 0.25) is 0 Å². The maximum atomic E-state index is 5.42. The molecular weight excluding hydrogens is 104 g/mol. The fraction of sp³-hybridized carbons (Fsp3) is 0.500. The molecule has 0 unspecified atom stereocenters. The molecule has 0 aromatic rings. The maximum absolute atomic E-state index is 5.42. The average Bonchev–Trinajstić information content (AvgIpc) is 1.86. The second kappa shape index (κ2) is 1.37. The van der Waals surface area contributed by atoms with Gasteiger partial charge in [-0.3, -0.25) is 0 Å². The van der Waals surface area contributed by atoms with Crippen molar-refractivity contribution in [2.24, 2.45) is 21.7 Å². The van der Waals surface area contributed by atoms with E-state index in [-0.39, 0.29) is 0 Å². The molecule has 0 saturated carbocycles. The van der Waals surface area contributed by atoms with Gasteiger partial charge in [-0.2, -0.15) is 10.2 Å². The minimum Gasteiger partial charge on any atom is -0.304 e. The Morgan fingerprint density at radius 1 is 1.62 bits per heavy atom. The third kappa shape index (κ3) is 0.635. The predicted molar refractivity (Wildman–Crippen MR) is 32.7 cm³/mol. The first-order valence-electron chi connectivity index (χ1n) is 2.30. The van der Waals surface area contributed by atoms with Gasteiger partial charge in [-0.25, -0.2) is 0 Å². The summed E-state index contributed by atoms with van der Waals surface area (Å²) in [4.78, 5) is 0. The average molecular weight is 112 g/mol. The molecule has 1 heterocycles. The fourth-order valence-electron chi connectivity index (χ4n) is 0.391. The van der Waals surface area contributed by atoms with Gasteiger partial charge in [-0.05, 0) is 6.92 Å². The molecule has 1 rings (SSSR count). The molecule has 0 aromatic heterocycles. The molecule has 0 fully saturated rings. The number of hydrogen-bond acceptors (Lipinski definition) is 4. The molecule has 8 heavy (non-hydrogen) atoms. The smallest absolute Gasteiger partial charge is 0.143 e. The minimum atomic E-state index is -0.889. The molecule has 0 aromatic carbocycles. The second-order valence-corrected chi connectivity index (χ2v) is 1.86. The fourth-order valence-corrected chi connectivity index (χ4v) is 0.391. The summed E-state index contributed by atoms with van der Waals surface area (Å²) in [5.41, 5.74) is 10.6. The summed E-state index contributed by atoms with van der Waals surface area (Å²) in [5, 5.41) is 7.16. The van der Waals surface area contributed by atoms with Crippen LogP contribution >= 0.6 is 0 Å². The van der Waals surface area contributed by atoms with Crippen LogP contribution in [-0.2, 0) is 0 Å². The normalized spacial score (nSPS) is 23.6. The standard InChI is InChI=1S/C4H8N4/c1-3-4(5,6)2-7-8-3/h2H,5-6H2,1H3. The highest BCUT2D eigenvalue weighted by atomic mass is 15.3. The Hall–Kier alpha value is -0.740. The van der Waals surface area contributed by atoms with Crippen molar-refractivity contribution in [3.63, 3.8) is 0 Å². The molecule has 1 aliphatic rings. The van der Waals surface area contributed by atoms with Crippen LogP contribution in [0.5, 0.6) is 0 Å². The van der Waals surface area contributed by atoms with Crippen molar-refractivity contribution in [2.45, 2.75) is 12.6 Å². The van der Waals surface area contributed by atoms with Crippen molar-refractivity contribution in [3.05, 3.63) is 0 Å². The monoisotopic (exact) mass is 112 g/mol. The molecular formula is C4H8N4. The van der Waals surface area contributed by atoms with Gasteiger partial charge in [0.2, 0.25) is 0 Å². The highest BCUT2D eigenvalue weighted by Crippen LogP contribution is 1.98. The van der Waals surface area contributed by atoms with Crippen molar-refractivity contribution in [2.75, 3.05) is 0 Å². The molecule has 0 bridgehead atoms. The number of hydrogen-bond donors (Lipinski definition) is 2. The molecule has 44 valence electrons. The van der Waals surface area contributed by atoms with Crippen LogP contribution < -0.4 is 11.5 Å². The largest absolute Gasteiger partial charge is 0.304 e. The maximum Gasteiger partial charge on any atom is 0.143 e. The summed E-state index contributed by atoms with van der Waals surface area (Å²) < 4.78 is 0. The topological polar surface area (TPSA) is 76.8 Å². The van der Waals surface area contributed by atoms with Gasteiger partial charge in [-0.15, -0.1) is 0 Å². The van der Waals surface area contributed by atoms with Crippen LogP contribution in [0.15, 0.2) is 10.2 Å². The lowest BCUT2D eigenvalue weighted by Crippen LogP contribution is -2.55. The molecule has 0 aliphatic carbocycles. The Bertz CT molecular complexity index is 155. The SMILES string of the molecule is CC1=NN=CC1(N)N. The summed E-state index contributed by atoms with van der Waals surface area (Å²) in [6.07, 6.45) is 1.42. The summed E-state index contributed by atoms with van der Waals surface area (Å²) >= 11 is 0. The molecule has 0 spiro atoms. The zero-order valence-electron chi connectivity index (χ0n) is 4.63. The second-order valence-electron chi connectivity index (χ2n) is 1.86. The quantitative estimate of drug-likeness (QED) is 0.397. The number of nitrogens with zero attached hydrogens (tertiary/aromatic N) is 2. The summed E-state index contributed by atoms with van der Waals surface area (Å²) in [6, 6.07) is 0. The predicted octanol–water partition coefficient (Wildman–Crippen LogP) is -0.940. The van der Waals surface area contributed by atoms with Crippen LogP contribution in [0.1, 0.15) is 6.92 Å². The summed E-state index contributed by atoms with van der Waals surface area (Å²) in [7, 11) is 0. The first kappa shape index (κ1) is 5.40. The van der Waals surface area contributed by atoms with E-state index in [0.717, 1.165) is 0 Å². The van der Waals surface area contributed by atoms with Gasteiger partial charge < -0.3 is 11.5 Å². The van der Waals surface area contributed by atoms with E-state index in [0.29, 0.717) is 5.71 Å². The highest BCUT2D eigenvalue weighted by molar-refractivity contribution is 6.07. The zero-order valence-corrected chi connectivity index (χ0v) is 4.63. The highest BCUT2D eigenvalue weighted by Gasteiger charge is 2.23. The summed E-state index contributed by atoms with van der Waals surface area (Å²) in [5.74, 6) is 0. The number of nitrogens with two attached hydrogens (primary N) is 2. The van der Waals surface area contributed by atoms with Crippen molar-refractivity contribution in [1.29, 1.82) is 0 Å². The Labute approximate surface area is 47.3 Å².